The summed E-state index contributed by atoms with van der Waals surface area (Å²) in [7, 11) is 3.63. The van der Waals surface area contributed by atoms with Crippen molar-refractivity contribution in [3.63, 3.8) is 0 Å². The molecule has 2 unspecified atom stereocenters. The first kappa shape index (κ1) is 32.2. The van der Waals surface area contributed by atoms with Crippen LogP contribution in [0, 0.1) is 5.92 Å². The lowest BCUT2D eigenvalue weighted by Crippen LogP contribution is -2.27. The second-order valence-electron chi connectivity index (χ2n) is 8.45. The van der Waals surface area contributed by atoms with E-state index in [2.05, 4.69) is 6.92 Å². The lowest BCUT2D eigenvalue weighted by Gasteiger charge is -2.18. The Bertz CT molecular complexity index is 657. The zero-order valence-corrected chi connectivity index (χ0v) is 23.3. The first-order valence-electron chi connectivity index (χ1n) is 12.8. The summed E-state index contributed by atoms with van der Waals surface area (Å²) in [5.41, 5.74) is 0.314. The van der Waals surface area contributed by atoms with Gasteiger partial charge in [-0.25, -0.2) is 0 Å². The van der Waals surface area contributed by atoms with Gasteiger partial charge in [-0.05, 0) is 25.0 Å². The van der Waals surface area contributed by atoms with Crippen LogP contribution in [0.25, 0.3) is 0 Å². The van der Waals surface area contributed by atoms with Gasteiger partial charge in [-0.1, -0.05) is 90.5 Å². The molecule has 0 aliphatic carbocycles. The molecule has 0 aliphatic rings. The standard InChI is InChI=1S/C27H44O5.H3OP/c1-5-7-9-10-11-12-13-14-15-16-21-32-27(29)22(18-8-6-2)26(28)25-23(30-3)19-17-20-24(25)31-4;1-2/h17,19-20,22H,5-16,18,21H2,1-4H3;2H3. The highest BCUT2D eigenvalue weighted by atomic mass is 31.0. The van der Waals surface area contributed by atoms with E-state index in [0.29, 0.717) is 39.2 Å². The highest BCUT2D eigenvalue weighted by Crippen LogP contribution is 2.32. The van der Waals surface area contributed by atoms with E-state index in [-0.39, 0.29) is 5.78 Å². The lowest BCUT2D eigenvalue weighted by atomic mass is 9.91. The average Bonchev–Trinajstić information content (AvgIpc) is 2.87. The summed E-state index contributed by atoms with van der Waals surface area (Å²) in [6.45, 7) is 4.65. The first-order chi connectivity index (χ1) is 16.6. The van der Waals surface area contributed by atoms with Crippen LogP contribution in [0.15, 0.2) is 18.2 Å². The summed E-state index contributed by atoms with van der Waals surface area (Å²) < 4.78 is 24.5. The molecule has 6 nitrogen and oxygen atoms in total. The molecule has 0 fully saturated rings. The van der Waals surface area contributed by atoms with Gasteiger partial charge < -0.3 is 18.8 Å². The quantitative estimate of drug-likeness (QED) is 0.0666. The molecule has 0 spiro atoms. The zero-order chi connectivity index (χ0) is 25.6. The molecule has 1 aromatic rings. The third-order valence-corrected chi connectivity index (χ3v) is 5.86. The number of ketones is 1. The molecule has 0 heterocycles. The Labute approximate surface area is 208 Å². The van der Waals surface area contributed by atoms with Crippen LogP contribution in [0.2, 0.25) is 0 Å². The van der Waals surface area contributed by atoms with Crippen molar-refractivity contribution in [3.8, 4) is 11.5 Å². The van der Waals surface area contributed by atoms with Crippen molar-refractivity contribution < 1.29 is 28.4 Å². The molecule has 1 rings (SSSR count). The number of carbonyl (C=O) groups is 2. The van der Waals surface area contributed by atoms with Crippen LogP contribution >= 0.6 is 9.12 Å². The molecule has 7 heteroatoms. The molecule has 0 bridgehead atoms. The second kappa shape index (κ2) is 21.7. The van der Waals surface area contributed by atoms with Crippen LogP contribution in [0.5, 0.6) is 11.5 Å². The van der Waals surface area contributed by atoms with Gasteiger partial charge in [0.2, 0.25) is 0 Å². The third kappa shape index (κ3) is 12.6. The monoisotopic (exact) mass is 498 g/mol. The highest BCUT2D eigenvalue weighted by Gasteiger charge is 2.32. The van der Waals surface area contributed by atoms with Crippen molar-refractivity contribution in [2.75, 3.05) is 20.8 Å². The molecular weight excluding hydrogens is 451 g/mol. The van der Waals surface area contributed by atoms with Crippen molar-refractivity contribution in [1.82, 2.24) is 0 Å². The summed E-state index contributed by atoms with van der Waals surface area (Å²) >= 11 is 0. The number of esters is 1. The van der Waals surface area contributed by atoms with Crippen molar-refractivity contribution in [1.29, 1.82) is 0 Å². The van der Waals surface area contributed by atoms with Gasteiger partial charge in [-0.3, -0.25) is 9.59 Å². The fraction of sp³-hybridized carbons (Fsp3) is 0.704. The fourth-order valence-corrected chi connectivity index (χ4v) is 3.90. The number of Topliss-reactive ketones (excluding diaryl/α,β-unsaturated/α-hetero) is 1. The molecule has 0 aliphatic heterocycles. The van der Waals surface area contributed by atoms with E-state index in [4.69, 9.17) is 18.8 Å². The van der Waals surface area contributed by atoms with Crippen molar-refractivity contribution in [2.45, 2.75) is 97.3 Å². The number of hydrogen-bond donors (Lipinski definition) is 0. The van der Waals surface area contributed by atoms with Gasteiger partial charge in [0.25, 0.3) is 0 Å². The summed E-state index contributed by atoms with van der Waals surface area (Å²) in [5, 5.41) is 0. The number of unbranched alkanes of at least 4 members (excludes halogenated alkanes) is 10. The Morgan fingerprint density at radius 3 is 1.71 bits per heavy atom. The van der Waals surface area contributed by atoms with E-state index >= 15 is 0 Å². The SMILES string of the molecule is CCCCCCCCCCCCOC(=O)C(CCCC)C(=O)c1c(OC)cccc1OC.O=[PH3]. The van der Waals surface area contributed by atoms with Crippen LogP contribution < -0.4 is 9.47 Å². The Morgan fingerprint density at radius 2 is 1.24 bits per heavy atom. The normalized spacial score (nSPS) is 11.3. The van der Waals surface area contributed by atoms with Gasteiger partial charge in [-0.2, -0.15) is 0 Å². The Morgan fingerprint density at radius 1 is 0.765 bits per heavy atom. The molecule has 0 radical (unpaired) electrons. The average molecular weight is 499 g/mol. The highest BCUT2D eigenvalue weighted by molar-refractivity contribution is 7.00. The maximum absolute atomic E-state index is 13.3. The zero-order valence-electron chi connectivity index (χ0n) is 21.9. The molecule has 34 heavy (non-hydrogen) atoms. The van der Waals surface area contributed by atoms with Crippen LogP contribution in [0.4, 0.5) is 0 Å². The van der Waals surface area contributed by atoms with Crippen molar-refractivity contribution >= 4 is 20.9 Å². The van der Waals surface area contributed by atoms with E-state index in [1.807, 2.05) is 6.92 Å². The summed E-state index contributed by atoms with van der Waals surface area (Å²) in [6, 6.07) is 5.18. The van der Waals surface area contributed by atoms with E-state index in [9.17, 15) is 9.59 Å². The minimum absolute atomic E-state index is 0.291. The van der Waals surface area contributed by atoms with Gasteiger partial charge in [0.1, 0.15) is 23.0 Å². The van der Waals surface area contributed by atoms with Gasteiger partial charge in [0.15, 0.2) is 5.78 Å². The number of benzene rings is 1. The van der Waals surface area contributed by atoms with Crippen molar-refractivity contribution in [2.24, 2.45) is 5.92 Å². The van der Waals surface area contributed by atoms with E-state index < -0.39 is 11.9 Å². The molecule has 0 saturated carbocycles. The van der Waals surface area contributed by atoms with Crippen LogP contribution in [0.1, 0.15) is 108 Å². The molecule has 0 aromatic heterocycles. The number of methoxy groups -OCH3 is 2. The Balaban J connectivity index is 0.00000529. The predicted octanol–water partition coefficient (Wildman–Crippen LogP) is 7.10. The number of carbonyl (C=O) groups excluding carboxylic acids is 2. The first-order valence-corrected chi connectivity index (χ1v) is 13.4. The van der Waals surface area contributed by atoms with Crippen LogP contribution in [-0.2, 0) is 14.1 Å². The van der Waals surface area contributed by atoms with E-state index in [1.165, 1.54) is 65.6 Å². The van der Waals surface area contributed by atoms with Crippen LogP contribution in [-0.4, -0.2) is 32.6 Å². The smallest absolute Gasteiger partial charge is 0.316 e. The predicted molar refractivity (Wildman–Crippen MR) is 141 cm³/mol. The molecule has 2 atom stereocenters. The number of ether oxygens (including phenoxy) is 3. The Kier molecular flexibility index (Phi) is 20.5. The van der Waals surface area contributed by atoms with Gasteiger partial charge in [0.05, 0.1) is 29.9 Å². The van der Waals surface area contributed by atoms with Gasteiger partial charge in [0, 0.05) is 0 Å². The maximum atomic E-state index is 13.3. The lowest BCUT2D eigenvalue weighted by molar-refractivity contribution is -0.147. The molecule has 0 saturated heterocycles. The van der Waals surface area contributed by atoms with Gasteiger partial charge in [-0.15, -0.1) is 0 Å². The summed E-state index contributed by atoms with van der Waals surface area (Å²) in [5.74, 6) is -0.729. The number of rotatable bonds is 19. The maximum Gasteiger partial charge on any atom is 0.316 e. The molecule has 0 amide bonds. The molecular formula is C27H47O6P. The Hall–Kier alpha value is -1.81. The van der Waals surface area contributed by atoms with E-state index in [1.54, 1.807) is 18.2 Å². The number of hydrogen-bond acceptors (Lipinski definition) is 6. The van der Waals surface area contributed by atoms with Crippen LogP contribution in [0.3, 0.4) is 0 Å². The summed E-state index contributed by atoms with van der Waals surface area (Å²) in [6.07, 6.45) is 14.4. The van der Waals surface area contributed by atoms with E-state index in [0.717, 1.165) is 25.7 Å². The van der Waals surface area contributed by atoms with Crippen molar-refractivity contribution in [3.05, 3.63) is 23.8 Å². The second-order valence-corrected chi connectivity index (χ2v) is 8.45. The minimum Gasteiger partial charge on any atom is -0.496 e. The molecule has 0 N–H and O–H groups in total. The minimum atomic E-state index is -0.830. The summed E-state index contributed by atoms with van der Waals surface area (Å²) in [4.78, 5) is 26.1. The third-order valence-electron chi connectivity index (χ3n) is 5.86. The molecule has 1 aromatic carbocycles. The largest absolute Gasteiger partial charge is 0.496 e. The topological polar surface area (TPSA) is 78.9 Å². The molecule has 196 valence electrons. The van der Waals surface area contributed by atoms with Gasteiger partial charge >= 0.3 is 5.97 Å². The fourth-order valence-electron chi connectivity index (χ4n) is 3.90.